The molecule has 1 saturated heterocycles. The molecule has 1 aromatic carbocycles. The van der Waals surface area contributed by atoms with Crippen molar-refractivity contribution in [3.05, 3.63) is 65.5 Å². The van der Waals surface area contributed by atoms with Crippen molar-refractivity contribution in [3.8, 4) is 11.1 Å². The van der Waals surface area contributed by atoms with E-state index in [4.69, 9.17) is 0 Å². The van der Waals surface area contributed by atoms with Crippen LogP contribution in [0.1, 0.15) is 46.1 Å². The summed E-state index contributed by atoms with van der Waals surface area (Å²) in [5, 5.41) is 7.48. The lowest BCUT2D eigenvalue weighted by Gasteiger charge is -2.33. The number of carbonyl (C=O) groups is 1. The van der Waals surface area contributed by atoms with E-state index in [2.05, 4.69) is 51.4 Å². The molecule has 4 rings (SSSR count). The Balaban J connectivity index is 1.58. The van der Waals surface area contributed by atoms with Crippen LogP contribution in [0.4, 0.5) is 0 Å². The van der Waals surface area contributed by atoms with Crippen molar-refractivity contribution in [2.45, 2.75) is 32.6 Å². The number of nitrogens with one attached hydrogen (secondary N) is 1. The molecular weight excluding hydrogens is 338 g/mol. The van der Waals surface area contributed by atoms with Gasteiger partial charge in [-0.15, -0.1) is 0 Å². The first kappa shape index (κ1) is 17.4. The SMILES string of the molecule is Cc1ccc(-c2cn[nH]c2[C@H]2CCCN(C(=O)c3cncnc3C)C2)cc1. The molecule has 1 N–H and O–H groups in total. The highest BCUT2D eigenvalue weighted by molar-refractivity contribution is 5.95. The van der Waals surface area contributed by atoms with Gasteiger partial charge in [-0.3, -0.25) is 9.89 Å². The number of H-pyrrole nitrogens is 1. The van der Waals surface area contributed by atoms with Gasteiger partial charge >= 0.3 is 0 Å². The number of aryl methyl sites for hydroxylation is 2. The molecule has 3 heterocycles. The van der Waals surface area contributed by atoms with Crippen molar-refractivity contribution in [2.24, 2.45) is 0 Å². The summed E-state index contributed by atoms with van der Waals surface area (Å²) in [4.78, 5) is 23.0. The van der Waals surface area contributed by atoms with Crippen molar-refractivity contribution in [1.29, 1.82) is 0 Å². The Morgan fingerprint density at radius 3 is 2.78 bits per heavy atom. The fourth-order valence-corrected chi connectivity index (χ4v) is 3.74. The second-order valence-electron chi connectivity index (χ2n) is 7.18. The monoisotopic (exact) mass is 361 g/mol. The zero-order chi connectivity index (χ0) is 18.8. The Morgan fingerprint density at radius 2 is 2.00 bits per heavy atom. The summed E-state index contributed by atoms with van der Waals surface area (Å²) < 4.78 is 0. The molecule has 6 heteroatoms. The van der Waals surface area contributed by atoms with Gasteiger partial charge in [0.2, 0.25) is 0 Å². The van der Waals surface area contributed by atoms with E-state index in [1.807, 2.05) is 18.0 Å². The third kappa shape index (κ3) is 3.47. The van der Waals surface area contributed by atoms with Crippen molar-refractivity contribution in [1.82, 2.24) is 25.1 Å². The van der Waals surface area contributed by atoms with Gasteiger partial charge in [0, 0.05) is 36.5 Å². The van der Waals surface area contributed by atoms with Crippen LogP contribution in [0.2, 0.25) is 0 Å². The molecule has 1 amide bonds. The summed E-state index contributed by atoms with van der Waals surface area (Å²) in [7, 11) is 0. The molecule has 0 unspecified atom stereocenters. The van der Waals surface area contributed by atoms with Gasteiger partial charge in [0.05, 0.1) is 17.5 Å². The molecule has 2 aromatic heterocycles. The van der Waals surface area contributed by atoms with Gasteiger partial charge < -0.3 is 4.90 Å². The van der Waals surface area contributed by atoms with E-state index in [1.165, 1.54) is 11.9 Å². The number of piperidine rings is 1. The van der Waals surface area contributed by atoms with E-state index in [0.29, 0.717) is 12.1 Å². The van der Waals surface area contributed by atoms with Crippen LogP contribution in [0.15, 0.2) is 43.0 Å². The van der Waals surface area contributed by atoms with Gasteiger partial charge in [-0.25, -0.2) is 9.97 Å². The largest absolute Gasteiger partial charge is 0.338 e. The van der Waals surface area contributed by atoms with Crippen LogP contribution in [-0.2, 0) is 0 Å². The lowest BCUT2D eigenvalue weighted by Crippen LogP contribution is -2.39. The minimum atomic E-state index is 0.00852. The van der Waals surface area contributed by atoms with Crippen LogP contribution < -0.4 is 0 Å². The normalized spacial score (nSPS) is 17.1. The van der Waals surface area contributed by atoms with Gasteiger partial charge in [-0.1, -0.05) is 29.8 Å². The smallest absolute Gasteiger partial charge is 0.257 e. The van der Waals surface area contributed by atoms with Crippen LogP contribution >= 0.6 is 0 Å². The van der Waals surface area contributed by atoms with Crippen LogP contribution in [0.3, 0.4) is 0 Å². The fourth-order valence-electron chi connectivity index (χ4n) is 3.74. The average Bonchev–Trinajstić information content (AvgIpc) is 3.18. The highest BCUT2D eigenvalue weighted by Crippen LogP contribution is 2.33. The maximum atomic E-state index is 12.9. The second-order valence-corrected chi connectivity index (χ2v) is 7.18. The van der Waals surface area contributed by atoms with Crippen molar-refractivity contribution >= 4 is 5.91 Å². The van der Waals surface area contributed by atoms with Gasteiger partial charge in [0.1, 0.15) is 6.33 Å². The Kier molecular flexibility index (Phi) is 4.71. The summed E-state index contributed by atoms with van der Waals surface area (Å²) in [5.41, 5.74) is 5.92. The number of hydrogen-bond acceptors (Lipinski definition) is 4. The number of likely N-dealkylation sites (tertiary alicyclic amines) is 1. The maximum Gasteiger partial charge on any atom is 0.257 e. The minimum Gasteiger partial charge on any atom is -0.338 e. The van der Waals surface area contributed by atoms with E-state index in [0.717, 1.165) is 41.9 Å². The van der Waals surface area contributed by atoms with Gasteiger partial charge in [-0.2, -0.15) is 5.10 Å². The lowest BCUT2D eigenvalue weighted by atomic mass is 9.90. The van der Waals surface area contributed by atoms with Crippen LogP contribution in [0.5, 0.6) is 0 Å². The number of nitrogens with zero attached hydrogens (tertiary/aromatic N) is 4. The minimum absolute atomic E-state index is 0.00852. The average molecular weight is 361 g/mol. The Hall–Kier alpha value is -3.02. The molecule has 1 aliphatic rings. The van der Waals surface area contributed by atoms with E-state index < -0.39 is 0 Å². The van der Waals surface area contributed by atoms with Crippen molar-refractivity contribution in [2.75, 3.05) is 13.1 Å². The summed E-state index contributed by atoms with van der Waals surface area (Å²) in [5.74, 6) is 0.251. The number of carbonyl (C=O) groups excluding carboxylic acids is 1. The highest BCUT2D eigenvalue weighted by atomic mass is 16.2. The topological polar surface area (TPSA) is 74.8 Å². The quantitative estimate of drug-likeness (QED) is 0.775. The number of aromatic amines is 1. The number of aromatic nitrogens is 4. The molecule has 1 fully saturated rings. The highest BCUT2D eigenvalue weighted by Gasteiger charge is 2.29. The first-order valence-corrected chi connectivity index (χ1v) is 9.29. The van der Waals surface area contributed by atoms with Gasteiger partial charge in [-0.05, 0) is 32.3 Å². The Morgan fingerprint density at radius 1 is 1.19 bits per heavy atom. The fraction of sp³-hybridized carbons (Fsp3) is 0.333. The zero-order valence-corrected chi connectivity index (χ0v) is 15.6. The summed E-state index contributed by atoms with van der Waals surface area (Å²) in [6.07, 6.45) is 6.98. The number of amides is 1. The lowest BCUT2D eigenvalue weighted by molar-refractivity contribution is 0.0704. The summed E-state index contributed by atoms with van der Waals surface area (Å²) in [6.45, 7) is 5.37. The van der Waals surface area contributed by atoms with Crippen LogP contribution in [-0.4, -0.2) is 44.1 Å². The first-order valence-electron chi connectivity index (χ1n) is 9.29. The van der Waals surface area contributed by atoms with E-state index in [9.17, 15) is 4.79 Å². The summed E-state index contributed by atoms with van der Waals surface area (Å²) >= 11 is 0. The predicted octanol–water partition coefficient (Wildman–Crippen LogP) is 3.50. The molecule has 0 bridgehead atoms. The second kappa shape index (κ2) is 7.31. The first-order chi connectivity index (χ1) is 13.1. The molecule has 1 aliphatic heterocycles. The Labute approximate surface area is 158 Å². The van der Waals surface area contributed by atoms with Crippen LogP contribution in [0, 0.1) is 13.8 Å². The molecule has 3 aromatic rings. The van der Waals surface area contributed by atoms with Crippen molar-refractivity contribution in [3.63, 3.8) is 0 Å². The van der Waals surface area contributed by atoms with E-state index in [1.54, 1.807) is 6.20 Å². The number of benzene rings is 1. The van der Waals surface area contributed by atoms with Gasteiger partial charge in [0.15, 0.2) is 0 Å². The number of hydrogen-bond donors (Lipinski definition) is 1. The van der Waals surface area contributed by atoms with Crippen molar-refractivity contribution < 1.29 is 4.79 Å². The molecule has 0 saturated carbocycles. The molecule has 27 heavy (non-hydrogen) atoms. The number of rotatable bonds is 3. The standard InChI is InChI=1S/C21H23N5O/c1-14-5-7-16(8-6-14)19-11-24-25-20(19)17-4-3-9-26(12-17)21(27)18-10-22-13-23-15(18)2/h5-8,10-11,13,17H,3-4,9,12H2,1-2H3,(H,24,25)/t17-/m0/s1. The predicted molar refractivity (Wildman–Crippen MR) is 103 cm³/mol. The molecule has 0 spiro atoms. The Bertz CT molecular complexity index is 947. The molecule has 0 aliphatic carbocycles. The zero-order valence-electron chi connectivity index (χ0n) is 15.6. The summed E-state index contributed by atoms with van der Waals surface area (Å²) in [6, 6.07) is 8.47. The van der Waals surface area contributed by atoms with Crippen LogP contribution in [0.25, 0.3) is 11.1 Å². The van der Waals surface area contributed by atoms with E-state index in [-0.39, 0.29) is 11.8 Å². The molecule has 0 radical (unpaired) electrons. The third-order valence-electron chi connectivity index (χ3n) is 5.29. The molecule has 6 nitrogen and oxygen atoms in total. The molecular formula is C21H23N5O. The third-order valence-corrected chi connectivity index (χ3v) is 5.29. The molecule has 1 atom stereocenters. The maximum absolute atomic E-state index is 12.9. The van der Waals surface area contributed by atoms with Gasteiger partial charge in [0.25, 0.3) is 5.91 Å². The molecule has 138 valence electrons. The van der Waals surface area contributed by atoms with E-state index >= 15 is 0 Å².